The summed E-state index contributed by atoms with van der Waals surface area (Å²) >= 11 is 0. The summed E-state index contributed by atoms with van der Waals surface area (Å²) in [6.45, 7) is 4.66. The molecule has 3 atom stereocenters. The predicted octanol–water partition coefficient (Wildman–Crippen LogP) is 1.17. The summed E-state index contributed by atoms with van der Waals surface area (Å²) in [4.78, 5) is 35.5. The molecule has 3 rings (SSSR count). The number of aromatic nitrogens is 2. The minimum absolute atomic E-state index is 0.00713. The smallest absolute Gasteiger partial charge is 0.275 e. The lowest BCUT2D eigenvalue weighted by atomic mass is 9.99. The number of benzene rings is 1. The van der Waals surface area contributed by atoms with Crippen molar-refractivity contribution >= 4 is 17.5 Å². The van der Waals surface area contributed by atoms with E-state index >= 15 is 0 Å². The van der Waals surface area contributed by atoms with Gasteiger partial charge >= 0.3 is 0 Å². The van der Waals surface area contributed by atoms with Gasteiger partial charge in [-0.25, -0.2) is 4.98 Å². The van der Waals surface area contributed by atoms with E-state index in [1.54, 1.807) is 30.0 Å². The van der Waals surface area contributed by atoms with Gasteiger partial charge < -0.3 is 25.4 Å². The van der Waals surface area contributed by atoms with Gasteiger partial charge in [0.2, 0.25) is 0 Å². The highest BCUT2D eigenvalue weighted by molar-refractivity contribution is 6.06. The molecule has 0 aliphatic carbocycles. The van der Waals surface area contributed by atoms with Gasteiger partial charge in [-0.2, -0.15) is 0 Å². The summed E-state index contributed by atoms with van der Waals surface area (Å²) in [6.07, 6.45) is 4.04. The number of nitrogens with one attached hydrogen (secondary N) is 2. The van der Waals surface area contributed by atoms with Crippen LogP contribution in [0.2, 0.25) is 0 Å². The average Bonchev–Trinajstić information content (AvgIpc) is 2.76. The van der Waals surface area contributed by atoms with Crippen molar-refractivity contribution in [2.24, 2.45) is 5.92 Å². The van der Waals surface area contributed by atoms with Gasteiger partial charge in [0.15, 0.2) is 5.75 Å². The van der Waals surface area contributed by atoms with Crippen molar-refractivity contribution in [2.75, 3.05) is 32.1 Å². The molecule has 160 valence electrons. The summed E-state index contributed by atoms with van der Waals surface area (Å²) in [5.74, 6) is -0.403. The number of amides is 2. The molecule has 3 N–H and O–H groups in total. The fraction of sp³-hybridized carbons (Fsp3) is 0.429. The van der Waals surface area contributed by atoms with Crippen molar-refractivity contribution in [3.8, 4) is 5.75 Å². The van der Waals surface area contributed by atoms with Gasteiger partial charge in [0, 0.05) is 31.4 Å². The van der Waals surface area contributed by atoms with E-state index in [9.17, 15) is 14.7 Å². The lowest BCUT2D eigenvalue weighted by Gasteiger charge is -2.37. The molecule has 0 bridgehead atoms. The first-order valence-corrected chi connectivity index (χ1v) is 9.89. The third-order valence-corrected chi connectivity index (χ3v) is 5.14. The van der Waals surface area contributed by atoms with Crippen molar-refractivity contribution < 1.29 is 19.4 Å². The SMILES string of the molecule is CNC[C@@H]1Oc2c(NC(=O)c3cnccn3)cccc2C(=O)N([C@H](C)CO)C[C@H]1C. The van der Waals surface area contributed by atoms with Gasteiger partial charge in [-0.05, 0) is 26.1 Å². The Kier molecular flexibility index (Phi) is 6.96. The summed E-state index contributed by atoms with van der Waals surface area (Å²) in [5, 5.41) is 15.6. The highest BCUT2D eigenvalue weighted by Gasteiger charge is 2.33. The van der Waals surface area contributed by atoms with E-state index in [0.717, 1.165) is 0 Å². The summed E-state index contributed by atoms with van der Waals surface area (Å²) in [5.41, 5.74) is 0.867. The number of aliphatic hydroxyl groups excluding tert-OH is 1. The van der Waals surface area contributed by atoms with Crippen LogP contribution in [0.15, 0.2) is 36.8 Å². The van der Waals surface area contributed by atoms with E-state index in [1.807, 2.05) is 14.0 Å². The van der Waals surface area contributed by atoms with Crippen molar-refractivity contribution in [2.45, 2.75) is 26.0 Å². The van der Waals surface area contributed by atoms with Gasteiger partial charge in [-0.15, -0.1) is 0 Å². The van der Waals surface area contributed by atoms with Gasteiger partial charge in [-0.1, -0.05) is 13.0 Å². The number of fused-ring (bicyclic) bond motifs is 1. The summed E-state index contributed by atoms with van der Waals surface area (Å²) < 4.78 is 6.27. The van der Waals surface area contributed by atoms with Crippen LogP contribution in [0.1, 0.15) is 34.7 Å². The zero-order chi connectivity index (χ0) is 21.7. The van der Waals surface area contributed by atoms with Crippen LogP contribution in [-0.4, -0.2) is 70.7 Å². The van der Waals surface area contributed by atoms with Gasteiger partial charge in [0.05, 0.1) is 30.1 Å². The Bertz CT molecular complexity index is 892. The average molecular weight is 413 g/mol. The molecule has 2 amide bonds. The van der Waals surface area contributed by atoms with Crippen molar-refractivity contribution in [1.29, 1.82) is 0 Å². The zero-order valence-electron chi connectivity index (χ0n) is 17.3. The monoisotopic (exact) mass is 413 g/mol. The quantitative estimate of drug-likeness (QED) is 0.651. The molecule has 0 radical (unpaired) electrons. The molecule has 2 aromatic rings. The minimum atomic E-state index is -0.451. The maximum absolute atomic E-state index is 13.3. The molecule has 1 aliphatic heterocycles. The number of likely N-dealkylation sites (N-methyl/N-ethyl adjacent to an activating group) is 1. The topological polar surface area (TPSA) is 117 Å². The minimum Gasteiger partial charge on any atom is -0.486 e. The second-order valence-electron chi connectivity index (χ2n) is 7.41. The Hall–Kier alpha value is -3.04. The molecule has 1 aromatic carbocycles. The van der Waals surface area contributed by atoms with E-state index < -0.39 is 5.91 Å². The molecule has 30 heavy (non-hydrogen) atoms. The highest BCUT2D eigenvalue weighted by Crippen LogP contribution is 2.34. The number of nitrogens with zero attached hydrogens (tertiary/aromatic N) is 3. The first-order valence-electron chi connectivity index (χ1n) is 9.89. The molecular formula is C21H27N5O4. The van der Waals surface area contributed by atoms with Crippen LogP contribution >= 0.6 is 0 Å². The molecule has 0 unspecified atom stereocenters. The lowest BCUT2D eigenvalue weighted by Crippen LogP contribution is -2.49. The Balaban J connectivity index is 2.03. The maximum atomic E-state index is 13.3. The second-order valence-corrected chi connectivity index (χ2v) is 7.41. The summed E-state index contributed by atoms with van der Waals surface area (Å²) in [7, 11) is 1.83. The molecule has 2 heterocycles. The molecule has 9 heteroatoms. The zero-order valence-corrected chi connectivity index (χ0v) is 17.3. The number of ether oxygens (including phenoxy) is 1. The van der Waals surface area contributed by atoms with Crippen LogP contribution in [0.5, 0.6) is 5.75 Å². The normalized spacial score (nSPS) is 19.9. The first-order chi connectivity index (χ1) is 14.5. The van der Waals surface area contributed by atoms with Crippen molar-refractivity contribution in [3.63, 3.8) is 0 Å². The van der Waals surface area contributed by atoms with Gasteiger partial charge in [0.25, 0.3) is 11.8 Å². The fourth-order valence-electron chi connectivity index (χ4n) is 3.39. The Labute approximate surface area is 175 Å². The lowest BCUT2D eigenvalue weighted by molar-refractivity contribution is 0.0417. The summed E-state index contributed by atoms with van der Waals surface area (Å²) in [6, 6.07) is 4.69. The first kappa shape index (κ1) is 21.7. The van der Waals surface area contributed by atoms with Gasteiger partial charge in [-0.3, -0.25) is 14.6 Å². The van der Waals surface area contributed by atoms with Crippen LogP contribution in [0.4, 0.5) is 5.69 Å². The van der Waals surface area contributed by atoms with E-state index in [1.165, 1.54) is 18.6 Å². The van der Waals surface area contributed by atoms with Crippen LogP contribution in [0.25, 0.3) is 0 Å². The predicted molar refractivity (Wildman–Crippen MR) is 112 cm³/mol. The van der Waals surface area contributed by atoms with Crippen LogP contribution in [0, 0.1) is 5.92 Å². The Morgan fingerprint density at radius 3 is 2.87 bits per heavy atom. The van der Waals surface area contributed by atoms with E-state index in [-0.39, 0.29) is 36.3 Å². The number of rotatable bonds is 6. The van der Waals surface area contributed by atoms with Crippen molar-refractivity contribution in [3.05, 3.63) is 48.0 Å². The standard InChI is InChI=1S/C21H27N5O4/c1-13-11-26(14(2)12-27)21(29)15-5-4-6-16(19(15)30-18(13)10-22-3)25-20(28)17-9-23-7-8-24-17/h4-9,13-14,18,22,27H,10-12H2,1-3H3,(H,25,28)/t13-,14-,18+/m1/s1. The molecule has 0 saturated heterocycles. The largest absolute Gasteiger partial charge is 0.486 e. The molecular weight excluding hydrogens is 386 g/mol. The van der Waals surface area contributed by atoms with E-state index in [0.29, 0.717) is 30.1 Å². The number of carbonyl (C=O) groups excluding carboxylic acids is 2. The number of carbonyl (C=O) groups is 2. The number of anilines is 1. The highest BCUT2D eigenvalue weighted by atomic mass is 16.5. The molecule has 0 fully saturated rings. The van der Waals surface area contributed by atoms with Crippen LogP contribution < -0.4 is 15.4 Å². The maximum Gasteiger partial charge on any atom is 0.275 e. The number of aliphatic hydroxyl groups is 1. The second kappa shape index (κ2) is 9.64. The van der Waals surface area contributed by atoms with E-state index in [2.05, 4.69) is 20.6 Å². The van der Waals surface area contributed by atoms with Crippen LogP contribution in [-0.2, 0) is 0 Å². The molecule has 0 saturated carbocycles. The van der Waals surface area contributed by atoms with Crippen LogP contribution in [0.3, 0.4) is 0 Å². The van der Waals surface area contributed by atoms with E-state index in [4.69, 9.17) is 4.74 Å². The third kappa shape index (κ3) is 4.58. The van der Waals surface area contributed by atoms with Crippen molar-refractivity contribution in [1.82, 2.24) is 20.2 Å². The Morgan fingerprint density at radius 1 is 1.40 bits per heavy atom. The number of hydrogen-bond donors (Lipinski definition) is 3. The molecule has 1 aromatic heterocycles. The Morgan fingerprint density at radius 2 is 2.20 bits per heavy atom. The molecule has 0 spiro atoms. The van der Waals surface area contributed by atoms with Gasteiger partial charge in [0.1, 0.15) is 11.8 Å². The molecule has 9 nitrogen and oxygen atoms in total. The fourth-order valence-corrected chi connectivity index (χ4v) is 3.39. The number of hydrogen-bond acceptors (Lipinski definition) is 7. The molecule has 1 aliphatic rings. The number of para-hydroxylation sites is 1. The third-order valence-electron chi connectivity index (χ3n) is 5.14.